The fraction of sp³-hybridized carbons (Fsp3) is 0.190. The van der Waals surface area contributed by atoms with Gasteiger partial charge < -0.3 is 20.1 Å². The molecule has 3 aromatic rings. The van der Waals surface area contributed by atoms with Gasteiger partial charge in [-0.25, -0.2) is 4.79 Å². The summed E-state index contributed by atoms with van der Waals surface area (Å²) in [5, 5.41) is 13.7. The number of amides is 2. The average Bonchev–Trinajstić information content (AvgIpc) is 2.74. The minimum absolute atomic E-state index is 0.288. The number of nitrogens with one attached hydrogen (secondary N) is 2. The molecule has 1 heterocycles. The standard InChI is InChI=1S/C21H22N4O3/c1-2-27-18-10-8-17(9-11-18)23-21(26)22-14-15-28-20-13-12-19(24-25-20)16-6-4-3-5-7-16/h3-13H,2,14-15H2,1H3,(H2,22,23,26). The van der Waals surface area contributed by atoms with Crippen LogP contribution in [0.2, 0.25) is 0 Å². The molecule has 144 valence electrons. The van der Waals surface area contributed by atoms with Crippen molar-refractivity contribution in [3.05, 3.63) is 66.7 Å². The highest BCUT2D eigenvalue weighted by Crippen LogP contribution is 2.17. The van der Waals surface area contributed by atoms with Gasteiger partial charge in [-0.3, -0.25) is 0 Å². The summed E-state index contributed by atoms with van der Waals surface area (Å²) in [7, 11) is 0. The third-order valence-electron chi connectivity index (χ3n) is 3.77. The van der Waals surface area contributed by atoms with Gasteiger partial charge in [0.05, 0.1) is 18.8 Å². The van der Waals surface area contributed by atoms with Gasteiger partial charge in [0.25, 0.3) is 0 Å². The van der Waals surface area contributed by atoms with Crippen LogP contribution in [0.3, 0.4) is 0 Å². The second-order valence-corrected chi connectivity index (χ2v) is 5.81. The summed E-state index contributed by atoms with van der Waals surface area (Å²) in [6.07, 6.45) is 0. The van der Waals surface area contributed by atoms with Gasteiger partial charge in [0, 0.05) is 17.3 Å². The predicted molar refractivity (Wildman–Crippen MR) is 108 cm³/mol. The van der Waals surface area contributed by atoms with Gasteiger partial charge in [0.1, 0.15) is 12.4 Å². The van der Waals surface area contributed by atoms with Crippen LogP contribution in [0, 0.1) is 0 Å². The van der Waals surface area contributed by atoms with Crippen LogP contribution in [0.1, 0.15) is 6.92 Å². The number of aromatic nitrogens is 2. The molecule has 7 nitrogen and oxygen atoms in total. The maximum atomic E-state index is 11.9. The van der Waals surface area contributed by atoms with Gasteiger partial charge in [0.15, 0.2) is 0 Å². The highest BCUT2D eigenvalue weighted by Gasteiger charge is 2.04. The maximum absolute atomic E-state index is 11.9. The number of hydrogen-bond donors (Lipinski definition) is 2. The largest absolute Gasteiger partial charge is 0.494 e. The van der Waals surface area contributed by atoms with Gasteiger partial charge in [-0.15, -0.1) is 10.2 Å². The molecule has 7 heteroatoms. The summed E-state index contributed by atoms with van der Waals surface area (Å²) in [5.74, 6) is 1.18. The van der Waals surface area contributed by atoms with Crippen molar-refractivity contribution in [2.75, 3.05) is 25.1 Å². The number of nitrogens with zero attached hydrogens (tertiary/aromatic N) is 2. The molecule has 3 rings (SSSR count). The van der Waals surface area contributed by atoms with E-state index in [1.807, 2.05) is 43.3 Å². The highest BCUT2D eigenvalue weighted by molar-refractivity contribution is 5.89. The maximum Gasteiger partial charge on any atom is 0.319 e. The first-order valence-electron chi connectivity index (χ1n) is 9.04. The van der Waals surface area contributed by atoms with E-state index < -0.39 is 0 Å². The van der Waals surface area contributed by atoms with Crippen LogP contribution in [0.15, 0.2) is 66.7 Å². The fourth-order valence-electron chi connectivity index (χ4n) is 2.46. The first kappa shape index (κ1) is 19.2. The zero-order valence-electron chi connectivity index (χ0n) is 15.6. The zero-order valence-corrected chi connectivity index (χ0v) is 15.6. The molecule has 0 bridgehead atoms. The first-order chi connectivity index (χ1) is 13.7. The molecule has 0 saturated carbocycles. The lowest BCUT2D eigenvalue weighted by Crippen LogP contribution is -2.32. The number of anilines is 1. The van der Waals surface area contributed by atoms with E-state index in [1.54, 1.807) is 30.3 Å². The number of ether oxygens (including phenoxy) is 2. The fourth-order valence-corrected chi connectivity index (χ4v) is 2.46. The van der Waals surface area contributed by atoms with E-state index >= 15 is 0 Å². The quantitative estimate of drug-likeness (QED) is 0.583. The van der Waals surface area contributed by atoms with Crippen LogP contribution in [0.5, 0.6) is 11.6 Å². The SMILES string of the molecule is CCOc1ccc(NC(=O)NCCOc2ccc(-c3ccccc3)nn2)cc1. The van der Waals surface area contributed by atoms with Crippen molar-refractivity contribution < 1.29 is 14.3 Å². The summed E-state index contributed by atoms with van der Waals surface area (Å²) < 4.78 is 10.9. The van der Waals surface area contributed by atoms with E-state index in [0.29, 0.717) is 24.7 Å². The Bertz CT molecular complexity index is 868. The molecule has 2 amide bonds. The molecule has 0 unspecified atom stereocenters. The highest BCUT2D eigenvalue weighted by atomic mass is 16.5. The molecule has 28 heavy (non-hydrogen) atoms. The van der Waals surface area contributed by atoms with Crippen molar-refractivity contribution in [1.82, 2.24) is 15.5 Å². The lowest BCUT2D eigenvalue weighted by Gasteiger charge is -2.09. The molecule has 0 atom stereocenters. The van der Waals surface area contributed by atoms with Crippen LogP contribution in [-0.2, 0) is 0 Å². The van der Waals surface area contributed by atoms with Crippen molar-refractivity contribution in [2.45, 2.75) is 6.92 Å². The van der Waals surface area contributed by atoms with E-state index in [2.05, 4.69) is 20.8 Å². The Morgan fingerprint density at radius 1 is 0.929 bits per heavy atom. The molecule has 0 aliphatic rings. The molecule has 0 aliphatic heterocycles. The van der Waals surface area contributed by atoms with E-state index in [9.17, 15) is 4.79 Å². The lowest BCUT2D eigenvalue weighted by atomic mass is 10.1. The van der Waals surface area contributed by atoms with Crippen molar-refractivity contribution >= 4 is 11.7 Å². The summed E-state index contributed by atoms with van der Waals surface area (Å²) >= 11 is 0. The topological polar surface area (TPSA) is 85.4 Å². The van der Waals surface area contributed by atoms with Crippen molar-refractivity contribution in [1.29, 1.82) is 0 Å². The summed E-state index contributed by atoms with van der Waals surface area (Å²) in [6, 6.07) is 20.3. The normalized spacial score (nSPS) is 10.2. The number of carbonyl (C=O) groups excluding carboxylic acids is 1. The molecular weight excluding hydrogens is 356 g/mol. The zero-order chi connectivity index (χ0) is 19.6. The van der Waals surface area contributed by atoms with Crippen LogP contribution >= 0.6 is 0 Å². The third-order valence-corrected chi connectivity index (χ3v) is 3.77. The number of urea groups is 1. The molecule has 2 aromatic carbocycles. The van der Waals surface area contributed by atoms with Crippen molar-refractivity contribution in [3.63, 3.8) is 0 Å². The number of hydrogen-bond acceptors (Lipinski definition) is 5. The minimum atomic E-state index is -0.307. The molecule has 0 saturated heterocycles. The van der Waals surface area contributed by atoms with Gasteiger partial charge in [0.2, 0.25) is 5.88 Å². The monoisotopic (exact) mass is 378 g/mol. The van der Waals surface area contributed by atoms with Gasteiger partial charge in [-0.1, -0.05) is 30.3 Å². The average molecular weight is 378 g/mol. The Hall–Kier alpha value is -3.61. The molecule has 0 spiro atoms. The second-order valence-electron chi connectivity index (χ2n) is 5.81. The molecular formula is C21H22N4O3. The number of carbonyl (C=O) groups is 1. The Morgan fingerprint density at radius 2 is 1.71 bits per heavy atom. The third kappa shape index (κ3) is 5.70. The molecule has 0 aliphatic carbocycles. The van der Waals surface area contributed by atoms with Gasteiger partial charge in [-0.05, 0) is 37.3 Å². The molecule has 2 N–H and O–H groups in total. The second kappa shape index (κ2) is 9.91. The lowest BCUT2D eigenvalue weighted by molar-refractivity contribution is 0.246. The van der Waals surface area contributed by atoms with Gasteiger partial charge >= 0.3 is 6.03 Å². The Kier molecular flexibility index (Phi) is 6.78. The Balaban J connectivity index is 1.38. The summed E-state index contributed by atoms with van der Waals surface area (Å²) in [4.78, 5) is 11.9. The van der Waals surface area contributed by atoms with E-state index in [4.69, 9.17) is 9.47 Å². The smallest absolute Gasteiger partial charge is 0.319 e. The summed E-state index contributed by atoms with van der Waals surface area (Å²) in [6.45, 7) is 3.15. The predicted octanol–water partition coefficient (Wildman–Crippen LogP) is 3.74. The Morgan fingerprint density at radius 3 is 2.39 bits per heavy atom. The van der Waals surface area contributed by atoms with Crippen molar-refractivity contribution in [2.24, 2.45) is 0 Å². The van der Waals surface area contributed by atoms with Crippen LogP contribution in [0.4, 0.5) is 10.5 Å². The van der Waals surface area contributed by atoms with Gasteiger partial charge in [-0.2, -0.15) is 0 Å². The molecule has 0 fully saturated rings. The van der Waals surface area contributed by atoms with E-state index in [0.717, 1.165) is 17.0 Å². The number of rotatable bonds is 8. The summed E-state index contributed by atoms with van der Waals surface area (Å²) in [5.41, 5.74) is 2.46. The van der Waals surface area contributed by atoms with Crippen LogP contribution in [-0.4, -0.2) is 36.0 Å². The number of benzene rings is 2. The first-order valence-corrected chi connectivity index (χ1v) is 9.04. The molecule has 0 radical (unpaired) electrons. The molecule has 1 aromatic heterocycles. The van der Waals surface area contributed by atoms with E-state index in [1.165, 1.54) is 0 Å². The van der Waals surface area contributed by atoms with Crippen LogP contribution in [0.25, 0.3) is 11.3 Å². The minimum Gasteiger partial charge on any atom is -0.494 e. The Labute approximate surface area is 163 Å². The van der Waals surface area contributed by atoms with E-state index in [-0.39, 0.29) is 12.6 Å². The van der Waals surface area contributed by atoms with Crippen LogP contribution < -0.4 is 20.1 Å². The van der Waals surface area contributed by atoms with Crippen molar-refractivity contribution in [3.8, 4) is 22.9 Å².